The number of nitrogens with one attached hydrogen (secondary N) is 1. The summed E-state index contributed by atoms with van der Waals surface area (Å²) in [6.45, 7) is 15.3. The van der Waals surface area contributed by atoms with Gasteiger partial charge in [-0.1, -0.05) is 34.2 Å². The highest BCUT2D eigenvalue weighted by Crippen LogP contribution is 2.54. The van der Waals surface area contributed by atoms with E-state index >= 15 is 0 Å². The van der Waals surface area contributed by atoms with Gasteiger partial charge in [-0.05, 0) is 31.2 Å². The summed E-state index contributed by atoms with van der Waals surface area (Å²) in [6, 6.07) is 0. The standard InChI is InChI=1S/C17H19N3O.CH5NO.CH4/c1-10-19-9-11-6-7-13-16(2,3)15(21)12(18-5)8-17(13,4)14(11)20-10;1-2-3;/h8-9,13H,6-7H2,1-4H3;2-3H,1H3;1H4/t13-,17-;;/m0../s1/i;;1T. The largest absolute Gasteiger partial charge is 0.317 e. The Morgan fingerprint density at radius 3 is 2.64 bits per heavy atom. The monoisotopic (exact) mass is 346 g/mol. The number of nitrogens with zero attached hydrogens (tertiary/aromatic N) is 3. The second-order valence-electron chi connectivity index (χ2n) is 7.08. The molecule has 0 spiro atoms. The van der Waals surface area contributed by atoms with E-state index in [0.29, 0.717) is 0 Å². The molecule has 0 amide bonds. The molecule has 0 aromatic carbocycles. The van der Waals surface area contributed by atoms with E-state index in [1.807, 2.05) is 33.0 Å². The maximum atomic E-state index is 12.5. The zero-order chi connectivity index (χ0) is 20.1. The Labute approximate surface area is 151 Å². The minimum atomic E-state index is -0.528. The van der Waals surface area contributed by atoms with Crippen LogP contribution in [0.4, 0.5) is 0 Å². The summed E-state index contributed by atoms with van der Waals surface area (Å²) in [5.41, 5.74) is 3.25. The Bertz CT molecular complexity index is 740. The molecule has 0 fully saturated rings. The van der Waals surface area contributed by atoms with Gasteiger partial charge < -0.3 is 10.0 Å². The molecule has 0 aliphatic heterocycles. The van der Waals surface area contributed by atoms with Crippen LogP contribution in [0.2, 0.25) is 0 Å². The SMILES string of the molecule is CNO.[3H]C.[C-]#[N+]C1=C[C@]2(C)c3nc(C)ncc3CC[C@H]2C(C)(C)C1=O. The van der Waals surface area contributed by atoms with E-state index in [1.54, 1.807) is 5.48 Å². The van der Waals surface area contributed by atoms with Crippen LogP contribution >= 0.6 is 0 Å². The highest BCUT2D eigenvalue weighted by molar-refractivity contribution is 6.02. The number of aromatic nitrogens is 2. The molecule has 1 aromatic heterocycles. The zero-order valence-electron chi connectivity index (χ0n) is 16.8. The van der Waals surface area contributed by atoms with Crippen molar-refractivity contribution in [1.82, 2.24) is 15.4 Å². The molecule has 2 atom stereocenters. The first-order chi connectivity index (χ1) is 12.2. The first-order valence-electron chi connectivity index (χ1n) is 9.01. The van der Waals surface area contributed by atoms with Crippen LogP contribution in [0.1, 0.15) is 53.0 Å². The van der Waals surface area contributed by atoms with Crippen LogP contribution in [0.15, 0.2) is 18.0 Å². The van der Waals surface area contributed by atoms with Gasteiger partial charge in [0.25, 0.3) is 0 Å². The average molecular weight is 346 g/mol. The first-order valence-corrected chi connectivity index (χ1v) is 8.01. The predicted molar refractivity (Wildman–Crippen MR) is 97.0 cm³/mol. The van der Waals surface area contributed by atoms with E-state index in [9.17, 15) is 4.79 Å². The molecular formula is C19H28N4O2. The van der Waals surface area contributed by atoms with Crippen molar-refractivity contribution in [2.24, 2.45) is 11.3 Å². The molecule has 0 saturated heterocycles. The van der Waals surface area contributed by atoms with Gasteiger partial charge >= 0.3 is 0 Å². The second-order valence-corrected chi connectivity index (χ2v) is 7.08. The number of hydrogen-bond acceptors (Lipinski definition) is 5. The topological polar surface area (TPSA) is 79.5 Å². The van der Waals surface area contributed by atoms with Gasteiger partial charge in [0.2, 0.25) is 5.70 Å². The maximum absolute atomic E-state index is 12.5. The lowest BCUT2D eigenvalue weighted by Crippen LogP contribution is -2.51. The molecule has 25 heavy (non-hydrogen) atoms. The Balaban J connectivity index is 0.000000615. The number of carbonyl (C=O) groups is 1. The number of carbonyl (C=O) groups excluding carboxylic acids is 1. The van der Waals surface area contributed by atoms with Gasteiger partial charge in [0.1, 0.15) is 5.82 Å². The fourth-order valence-corrected chi connectivity index (χ4v) is 4.11. The van der Waals surface area contributed by atoms with E-state index in [2.05, 4.69) is 21.7 Å². The first kappa shape index (κ1) is 19.2. The summed E-state index contributed by atoms with van der Waals surface area (Å²) in [5.74, 6) is 0.877. The van der Waals surface area contributed by atoms with Crippen molar-refractivity contribution in [3.63, 3.8) is 0 Å². The van der Waals surface area contributed by atoms with Crippen LogP contribution in [0.5, 0.6) is 0 Å². The predicted octanol–water partition coefficient (Wildman–Crippen LogP) is 3.25. The zero-order valence-corrected chi connectivity index (χ0v) is 15.8. The van der Waals surface area contributed by atoms with Crippen molar-refractivity contribution in [1.29, 1.82) is 0 Å². The van der Waals surface area contributed by atoms with Crippen LogP contribution in [0, 0.1) is 24.8 Å². The lowest BCUT2D eigenvalue weighted by atomic mass is 9.53. The number of fused-ring (bicyclic) bond motifs is 3. The molecule has 6 nitrogen and oxygen atoms in total. The third-order valence-electron chi connectivity index (χ3n) is 5.17. The summed E-state index contributed by atoms with van der Waals surface area (Å²) in [5, 5.41) is 7.32. The third-order valence-corrected chi connectivity index (χ3v) is 5.17. The van der Waals surface area contributed by atoms with Gasteiger partial charge in [-0.15, -0.1) is 0 Å². The molecule has 2 aliphatic rings. The Hall–Kier alpha value is -2.10. The number of aryl methyl sites for hydroxylation is 2. The normalized spacial score (nSPS) is 26.2. The van der Waals surface area contributed by atoms with E-state index < -0.39 is 5.41 Å². The molecule has 0 radical (unpaired) electrons. The number of allylic oxidation sites excluding steroid dienone is 2. The van der Waals surface area contributed by atoms with Crippen LogP contribution < -0.4 is 5.48 Å². The Morgan fingerprint density at radius 2 is 2.08 bits per heavy atom. The van der Waals surface area contributed by atoms with Gasteiger partial charge in [-0.3, -0.25) is 0 Å². The van der Waals surface area contributed by atoms with Crippen molar-refractivity contribution < 1.29 is 11.4 Å². The smallest absolute Gasteiger partial charge is 0.226 e. The second kappa shape index (κ2) is 7.42. The fourth-order valence-electron chi connectivity index (χ4n) is 4.11. The van der Waals surface area contributed by atoms with Crippen molar-refractivity contribution in [3.05, 3.63) is 46.5 Å². The highest BCUT2D eigenvalue weighted by atomic mass is 16.5. The van der Waals surface area contributed by atoms with Gasteiger partial charge in [0.05, 0.1) is 12.3 Å². The molecule has 1 aromatic rings. The number of hydroxylamine groups is 1. The van der Waals surface area contributed by atoms with Crippen LogP contribution in [0.25, 0.3) is 4.85 Å². The van der Waals surface area contributed by atoms with Crippen LogP contribution in [-0.2, 0) is 16.6 Å². The molecule has 0 saturated carbocycles. The number of Topliss-reactive ketones (excluding diaryl/α,β-unsaturated/α-hetero) is 1. The van der Waals surface area contributed by atoms with Crippen LogP contribution in [0.3, 0.4) is 0 Å². The fraction of sp³-hybridized carbons (Fsp3) is 0.579. The number of rotatable bonds is 0. The molecule has 3 rings (SSSR count). The minimum absolute atomic E-state index is 0.0331. The minimum Gasteiger partial charge on any atom is -0.317 e. The van der Waals surface area contributed by atoms with Crippen molar-refractivity contribution in [2.45, 2.75) is 53.4 Å². The molecule has 2 N–H and O–H groups in total. The molecule has 2 aliphatic carbocycles. The van der Waals surface area contributed by atoms with E-state index in [1.165, 1.54) is 14.5 Å². The molecule has 0 bridgehead atoms. The van der Waals surface area contributed by atoms with Crippen LogP contribution in [-0.4, -0.2) is 28.0 Å². The highest BCUT2D eigenvalue weighted by Gasteiger charge is 2.54. The summed E-state index contributed by atoms with van der Waals surface area (Å²) in [4.78, 5) is 25.0. The third kappa shape index (κ3) is 3.35. The molecular weight excluding hydrogens is 316 g/mol. The van der Waals surface area contributed by atoms with Crippen molar-refractivity contribution in [3.8, 4) is 0 Å². The van der Waals surface area contributed by atoms with Gasteiger partial charge in [0, 0.05) is 25.4 Å². The summed E-state index contributed by atoms with van der Waals surface area (Å²) < 4.78 is 5.75. The lowest BCUT2D eigenvalue weighted by Gasteiger charge is -2.50. The number of ketones is 1. The summed E-state index contributed by atoms with van der Waals surface area (Å²) in [6.07, 6.45) is 5.57. The number of hydrogen-bond donors (Lipinski definition) is 2. The van der Waals surface area contributed by atoms with Gasteiger partial charge in [0.15, 0.2) is 5.78 Å². The molecule has 136 valence electrons. The summed E-state index contributed by atoms with van der Waals surface area (Å²) in [7, 11) is 2.68. The van der Waals surface area contributed by atoms with Crippen molar-refractivity contribution in [2.75, 3.05) is 7.05 Å². The van der Waals surface area contributed by atoms with E-state index in [4.69, 9.17) is 13.2 Å². The molecule has 1 heterocycles. The molecule has 6 heteroatoms. The van der Waals surface area contributed by atoms with E-state index in [0.717, 1.165) is 29.9 Å². The van der Waals surface area contributed by atoms with Gasteiger partial charge in [-0.2, -0.15) is 0 Å². The van der Waals surface area contributed by atoms with Crippen molar-refractivity contribution >= 4 is 5.78 Å². The van der Waals surface area contributed by atoms with E-state index in [-0.39, 0.29) is 22.8 Å². The average Bonchev–Trinajstić information content (AvgIpc) is 2.61. The van der Waals surface area contributed by atoms with Gasteiger partial charge in [-0.25, -0.2) is 20.3 Å². The lowest BCUT2D eigenvalue weighted by molar-refractivity contribution is -0.128. The quantitative estimate of drug-likeness (QED) is 0.557. The molecule has 0 unspecified atom stereocenters. The Morgan fingerprint density at radius 1 is 1.48 bits per heavy atom. The Kier molecular flexibility index (Phi) is 5.71. The maximum Gasteiger partial charge on any atom is 0.226 e. The summed E-state index contributed by atoms with van der Waals surface area (Å²) >= 11 is 0.